The van der Waals surface area contributed by atoms with E-state index >= 15 is 0 Å². The average molecular weight is 198 g/mol. The summed E-state index contributed by atoms with van der Waals surface area (Å²) < 4.78 is 0. The summed E-state index contributed by atoms with van der Waals surface area (Å²) in [5.74, 6) is 0.986. The maximum Gasteiger partial charge on any atom is 0.131 e. The number of anilines is 1. The lowest BCUT2D eigenvalue weighted by atomic mass is 10.1. The van der Waals surface area contributed by atoms with Gasteiger partial charge in [0.25, 0.3) is 0 Å². The maximum atomic E-state index is 6.08. The molecule has 2 heterocycles. The van der Waals surface area contributed by atoms with Crippen LogP contribution in [-0.2, 0) is 0 Å². The number of hydrogen-bond acceptors (Lipinski definition) is 3. The lowest BCUT2D eigenvalue weighted by Crippen LogP contribution is -2.36. The molecule has 1 atom stereocenters. The van der Waals surface area contributed by atoms with Gasteiger partial charge in [-0.05, 0) is 18.9 Å². The molecule has 0 saturated carbocycles. The van der Waals surface area contributed by atoms with Crippen LogP contribution in [0.25, 0.3) is 0 Å². The highest BCUT2D eigenvalue weighted by Crippen LogP contribution is 2.19. The number of nitrogens with zero attached hydrogens (tertiary/aromatic N) is 3. The Bertz CT molecular complexity index is 265. The molecule has 0 radical (unpaired) electrons. The van der Waals surface area contributed by atoms with E-state index in [1.54, 1.807) is 12.5 Å². The van der Waals surface area contributed by atoms with Crippen molar-refractivity contribution in [3.8, 4) is 0 Å². The topological polar surface area (TPSA) is 29.0 Å². The zero-order valence-corrected chi connectivity index (χ0v) is 8.11. The number of aromatic nitrogens is 2. The molecule has 1 fully saturated rings. The Morgan fingerprint density at radius 3 is 3.15 bits per heavy atom. The van der Waals surface area contributed by atoms with Crippen molar-refractivity contribution in [2.75, 3.05) is 18.0 Å². The molecule has 0 spiro atoms. The highest BCUT2D eigenvalue weighted by atomic mass is 35.5. The summed E-state index contributed by atoms with van der Waals surface area (Å²) in [5.41, 5.74) is 0. The van der Waals surface area contributed by atoms with Crippen LogP contribution in [0.2, 0.25) is 0 Å². The molecule has 1 aromatic rings. The second-order valence-electron chi connectivity index (χ2n) is 3.25. The minimum absolute atomic E-state index is 0.267. The zero-order chi connectivity index (χ0) is 9.10. The molecule has 0 aromatic carbocycles. The number of hydrogen-bond donors (Lipinski definition) is 0. The number of piperidine rings is 1. The second kappa shape index (κ2) is 3.92. The van der Waals surface area contributed by atoms with Crippen molar-refractivity contribution in [2.45, 2.75) is 18.2 Å². The molecule has 70 valence electrons. The first-order chi connectivity index (χ1) is 6.36. The molecule has 1 aliphatic heterocycles. The molecule has 1 aromatic heterocycles. The van der Waals surface area contributed by atoms with Crippen molar-refractivity contribution in [3.63, 3.8) is 0 Å². The van der Waals surface area contributed by atoms with Crippen LogP contribution in [0.5, 0.6) is 0 Å². The Labute approximate surface area is 82.8 Å². The van der Waals surface area contributed by atoms with Crippen LogP contribution < -0.4 is 4.90 Å². The van der Waals surface area contributed by atoms with Gasteiger partial charge in [-0.2, -0.15) is 0 Å². The molecular weight excluding hydrogens is 186 g/mol. The quantitative estimate of drug-likeness (QED) is 0.642. The van der Waals surface area contributed by atoms with Gasteiger partial charge in [-0.1, -0.05) is 0 Å². The van der Waals surface area contributed by atoms with Crippen LogP contribution >= 0.6 is 11.6 Å². The molecule has 13 heavy (non-hydrogen) atoms. The third-order valence-electron chi connectivity index (χ3n) is 2.25. The van der Waals surface area contributed by atoms with Crippen LogP contribution in [0, 0.1) is 0 Å². The summed E-state index contributed by atoms with van der Waals surface area (Å²) in [6, 6.07) is 1.93. The molecule has 3 nitrogen and oxygen atoms in total. The van der Waals surface area contributed by atoms with E-state index in [9.17, 15) is 0 Å². The molecule has 1 aliphatic rings. The molecule has 1 unspecified atom stereocenters. The lowest BCUT2D eigenvalue weighted by Gasteiger charge is -2.30. The van der Waals surface area contributed by atoms with Gasteiger partial charge in [-0.3, -0.25) is 0 Å². The molecular formula is C9H12ClN3. The van der Waals surface area contributed by atoms with E-state index in [4.69, 9.17) is 11.6 Å². The van der Waals surface area contributed by atoms with Crippen LogP contribution in [0.15, 0.2) is 18.6 Å². The van der Waals surface area contributed by atoms with Crippen molar-refractivity contribution in [3.05, 3.63) is 18.6 Å². The van der Waals surface area contributed by atoms with Gasteiger partial charge in [-0.15, -0.1) is 11.6 Å². The SMILES string of the molecule is ClC1CCCN(c2ccncn2)C1. The first-order valence-corrected chi connectivity index (χ1v) is 4.95. The van der Waals surface area contributed by atoms with E-state index < -0.39 is 0 Å². The molecule has 0 aliphatic carbocycles. The van der Waals surface area contributed by atoms with Crippen LogP contribution in [0.1, 0.15) is 12.8 Å². The fourth-order valence-corrected chi connectivity index (χ4v) is 1.93. The van der Waals surface area contributed by atoms with E-state index in [2.05, 4.69) is 14.9 Å². The normalized spacial score (nSPS) is 23.2. The Morgan fingerprint density at radius 1 is 1.54 bits per heavy atom. The molecule has 0 bridgehead atoms. The Morgan fingerprint density at radius 2 is 2.46 bits per heavy atom. The fourth-order valence-electron chi connectivity index (χ4n) is 1.60. The van der Waals surface area contributed by atoms with Gasteiger partial charge in [0.1, 0.15) is 12.1 Å². The average Bonchev–Trinajstić information content (AvgIpc) is 2.19. The van der Waals surface area contributed by atoms with Crippen molar-refractivity contribution in [2.24, 2.45) is 0 Å². The highest BCUT2D eigenvalue weighted by molar-refractivity contribution is 6.21. The van der Waals surface area contributed by atoms with Gasteiger partial charge in [-0.25, -0.2) is 9.97 Å². The summed E-state index contributed by atoms with van der Waals surface area (Å²) in [5, 5.41) is 0.267. The van der Waals surface area contributed by atoms with Gasteiger partial charge in [0.15, 0.2) is 0 Å². The Balaban J connectivity index is 2.08. The summed E-state index contributed by atoms with van der Waals surface area (Å²) in [6.45, 7) is 1.96. The van der Waals surface area contributed by atoms with Crippen LogP contribution in [0.4, 0.5) is 5.82 Å². The van der Waals surface area contributed by atoms with Crippen LogP contribution in [-0.4, -0.2) is 28.4 Å². The third-order valence-corrected chi connectivity index (χ3v) is 2.61. The summed E-state index contributed by atoms with van der Waals surface area (Å²) in [4.78, 5) is 10.3. The van der Waals surface area contributed by atoms with E-state index in [0.29, 0.717) is 0 Å². The van der Waals surface area contributed by atoms with Crippen molar-refractivity contribution < 1.29 is 0 Å². The monoisotopic (exact) mass is 197 g/mol. The number of rotatable bonds is 1. The highest BCUT2D eigenvalue weighted by Gasteiger charge is 2.18. The Kier molecular flexibility index (Phi) is 2.64. The molecule has 1 saturated heterocycles. The molecule has 4 heteroatoms. The molecule has 0 amide bonds. The zero-order valence-electron chi connectivity index (χ0n) is 7.36. The minimum Gasteiger partial charge on any atom is -0.355 e. The van der Waals surface area contributed by atoms with E-state index in [-0.39, 0.29) is 5.38 Å². The predicted octanol–water partition coefficient (Wildman–Crippen LogP) is 1.68. The standard InChI is InChI=1S/C9H12ClN3/c10-8-2-1-5-13(6-8)9-3-4-11-7-12-9/h3-4,7-8H,1-2,5-6H2. The first kappa shape index (κ1) is 8.75. The first-order valence-electron chi connectivity index (χ1n) is 4.51. The summed E-state index contributed by atoms with van der Waals surface area (Å²) in [7, 11) is 0. The second-order valence-corrected chi connectivity index (χ2v) is 3.87. The van der Waals surface area contributed by atoms with E-state index in [1.807, 2.05) is 6.07 Å². The van der Waals surface area contributed by atoms with Gasteiger partial charge >= 0.3 is 0 Å². The summed E-state index contributed by atoms with van der Waals surface area (Å²) in [6.07, 6.45) is 5.61. The lowest BCUT2D eigenvalue weighted by molar-refractivity contribution is 0.579. The minimum atomic E-state index is 0.267. The molecule has 2 rings (SSSR count). The van der Waals surface area contributed by atoms with E-state index in [0.717, 1.165) is 31.7 Å². The van der Waals surface area contributed by atoms with E-state index in [1.165, 1.54) is 0 Å². The van der Waals surface area contributed by atoms with Gasteiger partial charge in [0, 0.05) is 19.3 Å². The third kappa shape index (κ3) is 2.10. The van der Waals surface area contributed by atoms with Gasteiger partial charge in [0.2, 0.25) is 0 Å². The fraction of sp³-hybridized carbons (Fsp3) is 0.556. The van der Waals surface area contributed by atoms with Crippen molar-refractivity contribution in [1.29, 1.82) is 0 Å². The summed E-state index contributed by atoms with van der Waals surface area (Å²) >= 11 is 6.08. The van der Waals surface area contributed by atoms with Crippen molar-refractivity contribution in [1.82, 2.24) is 9.97 Å². The predicted molar refractivity (Wildman–Crippen MR) is 53.1 cm³/mol. The van der Waals surface area contributed by atoms with Crippen LogP contribution in [0.3, 0.4) is 0 Å². The Hall–Kier alpha value is -0.830. The largest absolute Gasteiger partial charge is 0.355 e. The maximum absolute atomic E-state index is 6.08. The number of halogens is 1. The van der Waals surface area contributed by atoms with Crippen molar-refractivity contribution >= 4 is 17.4 Å². The van der Waals surface area contributed by atoms with Gasteiger partial charge < -0.3 is 4.90 Å². The number of alkyl halides is 1. The van der Waals surface area contributed by atoms with Gasteiger partial charge in [0.05, 0.1) is 5.38 Å². The molecule has 0 N–H and O–H groups in total. The smallest absolute Gasteiger partial charge is 0.131 e.